The molecule has 6 nitrogen and oxygen atoms in total. The lowest BCUT2D eigenvalue weighted by molar-refractivity contribution is -0.123. The zero-order chi connectivity index (χ0) is 17.6. The molecule has 2 aromatic rings. The van der Waals surface area contributed by atoms with Crippen molar-refractivity contribution in [1.29, 1.82) is 0 Å². The average molecular weight is 332 g/mol. The fourth-order valence-electron chi connectivity index (χ4n) is 3.19. The summed E-state index contributed by atoms with van der Waals surface area (Å²) in [7, 11) is 2.67. The highest BCUT2D eigenvalue weighted by atomic mass is 16.5. The number of hydrogen-bond donors (Lipinski definition) is 2. The topological polar surface area (TPSA) is 85.2 Å². The number of methoxy groups -OCH3 is 2. The number of aliphatic hydroxyl groups excluding tert-OH is 1. The number of benzene rings is 2. The highest BCUT2D eigenvalue weighted by Crippen LogP contribution is 2.50. The Morgan fingerprint density at radius 1 is 1.21 bits per heavy atom. The Labute approximate surface area is 139 Å². The first-order chi connectivity index (χ1) is 11.3. The van der Waals surface area contributed by atoms with Gasteiger partial charge in [0.15, 0.2) is 0 Å². The minimum Gasteiger partial charge on any atom is -0.506 e. The lowest BCUT2D eigenvalue weighted by atomic mass is 9.84. The molecular weight excluding hydrogens is 312 g/mol. The summed E-state index contributed by atoms with van der Waals surface area (Å²) in [5, 5.41) is 22.4. The van der Waals surface area contributed by atoms with Gasteiger partial charge in [0.25, 0.3) is 0 Å². The third-order valence-electron chi connectivity index (χ3n) is 4.47. The standard InChI is InChI=1S/C18H20O6/c1-18(2)16(20)15(22-3)12-11(17(21)23-4)13(19)9-7-5-6-8-10(9)14(12)24-18/h5-8,15-16,19-20H,1-4H3. The van der Waals surface area contributed by atoms with Gasteiger partial charge in [-0.2, -0.15) is 0 Å². The molecule has 0 aliphatic carbocycles. The molecule has 0 fully saturated rings. The minimum atomic E-state index is -1.03. The zero-order valence-corrected chi connectivity index (χ0v) is 14.0. The number of aromatic hydroxyl groups is 1. The molecule has 0 aromatic heterocycles. The van der Waals surface area contributed by atoms with Crippen molar-refractivity contribution in [1.82, 2.24) is 0 Å². The molecule has 0 radical (unpaired) electrons. The first-order valence-corrected chi connectivity index (χ1v) is 7.59. The molecule has 6 heteroatoms. The number of rotatable bonds is 2. The lowest BCUT2D eigenvalue weighted by Crippen LogP contribution is -2.49. The number of ether oxygens (including phenoxy) is 3. The van der Waals surface area contributed by atoms with Crippen molar-refractivity contribution in [2.75, 3.05) is 14.2 Å². The summed E-state index contributed by atoms with van der Waals surface area (Å²) >= 11 is 0. The summed E-state index contributed by atoms with van der Waals surface area (Å²) in [6.07, 6.45) is -1.87. The Bertz CT molecular complexity index is 811. The number of aliphatic hydroxyl groups is 1. The van der Waals surface area contributed by atoms with Crippen molar-refractivity contribution < 1.29 is 29.2 Å². The van der Waals surface area contributed by atoms with Gasteiger partial charge in [0, 0.05) is 23.4 Å². The van der Waals surface area contributed by atoms with E-state index in [0.717, 1.165) is 0 Å². The first kappa shape index (κ1) is 16.5. The van der Waals surface area contributed by atoms with E-state index < -0.39 is 23.8 Å². The van der Waals surface area contributed by atoms with E-state index >= 15 is 0 Å². The first-order valence-electron chi connectivity index (χ1n) is 7.59. The van der Waals surface area contributed by atoms with Gasteiger partial charge in [-0.15, -0.1) is 0 Å². The summed E-state index contributed by atoms with van der Waals surface area (Å²) in [4.78, 5) is 12.3. The monoisotopic (exact) mass is 332 g/mol. The molecule has 1 heterocycles. The van der Waals surface area contributed by atoms with E-state index in [9.17, 15) is 15.0 Å². The van der Waals surface area contributed by atoms with Crippen LogP contribution < -0.4 is 4.74 Å². The van der Waals surface area contributed by atoms with Gasteiger partial charge in [-0.25, -0.2) is 4.79 Å². The van der Waals surface area contributed by atoms with Gasteiger partial charge in [-0.3, -0.25) is 0 Å². The quantitative estimate of drug-likeness (QED) is 0.822. The van der Waals surface area contributed by atoms with E-state index in [1.165, 1.54) is 14.2 Å². The normalized spacial score (nSPS) is 21.9. The van der Waals surface area contributed by atoms with Gasteiger partial charge in [0.05, 0.1) is 7.11 Å². The lowest BCUT2D eigenvalue weighted by Gasteiger charge is -2.42. The van der Waals surface area contributed by atoms with Gasteiger partial charge in [-0.1, -0.05) is 24.3 Å². The van der Waals surface area contributed by atoms with Gasteiger partial charge in [-0.05, 0) is 13.8 Å². The molecular formula is C18H20O6. The summed E-state index contributed by atoms with van der Waals surface area (Å²) in [6, 6.07) is 7.05. The maximum atomic E-state index is 12.3. The number of fused-ring (bicyclic) bond motifs is 3. The van der Waals surface area contributed by atoms with Crippen LogP contribution in [0.15, 0.2) is 24.3 Å². The molecule has 1 aliphatic heterocycles. The van der Waals surface area contributed by atoms with Crippen molar-refractivity contribution in [2.45, 2.75) is 31.7 Å². The third-order valence-corrected chi connectivity index (χ3v) is 4.47. The van der Waals surface area contributed by atoms with Crippen LogP contribution in [0.5, 0.6) is 11.5 Å². The summed E-state index contributed by atoms with van der Waals surface area (Å²) < 4.78 is 16.3. The number of esters is 1. The van der Waals surface area contributed by atoms with E-state index in [4.69, 9.17) is 14.2 Å². The van der Waals surface area contributed by atoms with Gasteiger partial charge >= 0.3 is 5.97 Å². The third kappa shape index (κ3) is 2.22. The van der Waals surface area contributed by atoms with Crippen molar-refractivity contribution in [3.8, 4) is 11.5 Å². The maximum Gasteiger partial charge on any atom is 0.342 e. The van der Waals surface area contributed by atoms with Crippen LogP contribution in [0, 0.1) is 0 Å². The molecule has 128 valence electrons. The largest absolute Gasteiger partial charge is 0.506 e. The number of carbonyl (C=O) groups excluding carboxylic acids is 1. The van der Waals surface area contributed by atoms with Crippen LogP contribution in [-0.2, 0) is 9.47 Å². The molecule has 1 aliphatic rings. The number of phenolic OH excluding ortho intramolecular Hbond substituents is 1. The predicted octanol–water partition coefficient (Wildman–Crippen LogP) is 2.55. The highest BCUT2D eigenvalue weighted by Gasteiger charge is 2.47. The molecule has 2 aromatic carbocycles. The molecule has 0 amide bonds. The second kappa shape index (κ2) is 5.65. The average Bonchev–Trinajstić information content (AvgIpc) is 2.57. The minimum absolute atomic E-state index is 0.0485. The molecule has 3 rings (SSSR count). The number of hydrogen-bond acceptors (Lipinski definition) is 6. The summed E-state index contributed by atoms with van der Waals surface area (Å²) in [5.74, 6) is -0.522. The number of phenols is 1. The van der Waals surface area contributed by atoms with Crippen LogP contribution in [0.25, 0.3) is 10.8 Å². The van der Waals surface area contributed by atoms with Crippen LogP contribution in [0.1, 0.15) is 35.9 Å². The van der Waals surface area contributed by atoms with Crippen LogP contribution >= 0.6 is 0 Å². The van der Waals surface area contributed by atoms with Crippen LogP contribution in [0.2, 0.25) is 0 Å². The molecule has 2 N–H and O–H groups in total. The SMILES string of the molecule is COC(=O)c1c2c(c3ccccc3c1O)OC(C)(C)C(O)C2OC. The van der Waals surface area contributed by atoms with E-state index in [1.54, 1.807) is 32.0 Å². The van der Waals surface area contributed by atoms with Crippen LogP contribution in [0.3, 0.4) is 0 Å². The molecule has 2 unspecified atom stereocenters. The Kier molecular flexibility index (Phi) is 3.89. The van der Waals surface area contributed by atoms with Crippen LogP contribution in [-0.4, -0.2) is 42.1 Å². The molecule has 0 bridgehead atoms. The fourth-order valence-corrected chi connectivity index (χ4v) is 3.19. The Balaban J connectivity index is 2.46. The zero-order valence-electron chi connectivity index (χ0n) is 14.0. The fraction of sp³-hybridized carbons (Fsp3) is 0.389. The van der Waals surface area contributed by atoms with Crippen LogP contribution in [0.4, 0.5) is 0 Å². The molecule has 0 saturated heterocycles. The van der Waals surface area contributed by atoms with Crippen molar-refractivity contribution in [3.63, 3.8) is 0 Å². The Hall–Kier alpha value is -2.31. The second-order valence-electron chi connectivity index (χ2n) is 6.31. The van der Waals surface area contributed by atoms with E-state index in [-0.39, 0.29) is 11.3 Å². The predicted molar refractivity (Wildman–Crippen MR) is 87.4 cm³/mol. The molecule has 24 heavy (non-hydrogen) atoms. The van der Waals surface area contributed by atoms with Crippen molar-refractivity contribution in [2.24, 2.45) is 0 Å². The van der Waals surface area contributed by atoms with Crippen molar-refractivity contribution >= 4 is 16.7 Å². The van der Waals surface area contributed by atoms with E-state index in [0.29, 0.717) is 22.1 Å². The second-order valence-corrected chi connectivity index (χ2v) is 6.31. The Morgan fingerprint density at radius 2 is 1.83 bits per heavy atom. The van der Waals surface area contributed by atoms with E-state index in [2.05, 4.69) is 0 Å². The van der Waals surface area contributed by atoms with E-state index in [1.807, 2.05) is 6.07 Å². The van der Waals surface area contributed by atoms with Gasteiger partial charge in [0.1, 0.15) is 34.9 Å². The molecule has 0 spiro atoms. The van der Waals surface area contributed by atoms with Gasteiger partial charge < -0.3 is 24.4 Å². The van der Waals surface area contributed by atoms with Gasteiger partial charge in [0.2, 0.25) is 0 Å². The molecule has 0 saturated carbocycles. The summed E-state index contributed by atoms with van der Waals surface area (Å²) in [5.41, 5.74) is -0.680. The highest BCUT2D eigenvalue weighted by molar-refractivity contribution is 6.06. The Morgan fingerprint density at radius 3 is 2.42 bits per heavy atom. The van der Waals surface area contributed by atoms with Crippen molar-refractivity contribution in [3.05, 3.63) is 35.4 Å². The molecule has 2 atom stereocenters. The summed E-state index contributed by atoms with van der Waals surface area (Å²) in [6.45, 7) is 3.48. The maximum absolute atomic E-state index is 12.3. The smallest absolute Gasteiger partial charge is 0.342 e. The number of carbonyl (C=O) groups is 1.